The number of hydrogen-bond acceptors (Lipinski definition) is 6. The number of aliphatic hydroxyl groups excluding tert-OH is 4. The van der Waals surface area contributed by atoms with Gasteiger partial charge in [-0.15, -0.1) is 0 Å². The lowest BCUT2D eigenvalue weighted by Crippen LogP contribution is -2.37. The van der Waals surface area contributed by atoms with Crippen LogP contribution in [-0.4, -0.2) is 57.9 Å². The van der Waals surface area contributed by atoms with Crippen LogP contribution in [-0.2, 0) is 4.79 Å². The molecule has 0 unspecified atom stereocenters. The van der Waals surface area contributed by atoms with Crippen molar-refractivity contribution < 1.29 is 30.3 Å². The molecule has 0 amide bonds. The summed E-state index contributed by atoms with van der Waals surface area (Å²) < 4.78 is 0. The number of benzene rings is 2. The first-order chi connectivity index (χ1) is 13.5. The number of carboxylic acids is 1. The van der Waals surface area contributed by atoms with Crippen LogP contribution >= 0.6 is 0 Å². The van der Waals surface area contributed by atoms with E-state index in [4.69, 9.17) is 25.7 Å². The Balaban J connectivity index is 0.000000370. The Morgan fingerprint density at radius 2 is 1.14 bits per heavy atom. The monoisotopic (exact) mass is 385 g/mol. The van der Waals surface area contributed by atoms with E-state index in [0.29, 0.717) is 16.7 Å². The number of rotatable bonds is 7. The fourth-order valence-corrected chi connectivity index (χ4v) is 2.18. The molecule has 0 bridgehead atoms. The largest absolute Gasteiger partial charge is 0.477 e. The van der Waals surface area contributed by atoms with Crippen molar-refractivity contribution in [1.29, 1.82) is 5.26 Å². The summed E-state index contributed by atoms with van der Waals surface area (Å²) in [5, 5.41) is 52.3. The number of aliphatic carboxylic acids is 1. The quantitative estimate of drug-likeness (QED) is 0.354. The number of nitrogens with zero attached hydrogens (tertiary/aromatic N) is 1. The lowest BCUT2D eigenvalue weighted by atomic mass is 9.93. The molecule has 2 rings (SSSR count). The highest BCUT2D eigenvalue weighted by molar-refractivity contribution is 6.04. The van der Waals surface area contributed by atoms with Gasteiger partial charge in [-0.1, -0.05) is 60.7 Å². The van der Waals surface area contributed by atoms with Gasteiger partial charge >= 0.3 is 5.97 Å². The number of hydrogen-bond donors (Lipinski definition) is 5. The highest BCUT2D eigenvalue weighted by Gasteiger charge is 2.26. The van der Waals surface area contributed by atoms with Crippen LogP contribution in [0.2, 0.25) is 0 Å². The normalized spacial score (nSPS) is 10.2. The molecule has 0 spiro atoms. The van der Waals surface area contributed by atoms with Crippen molar-refractivity contribution in [1.82, 2.24) is 0 Å². The van der Waals surface area contributed by atoms with Gasteiger partial charge in [-0.05, 0) is 11.1 Å². The molecule has 0 aliphatic heterocycles. The predicted molar refractivity (Wildman–Crippen MR) is 103 cm³/mol. The highest BCUT2D eigenvalue weighted by Crippen LogP contribution is 2.26. The van der Waals surface area contributed by atoms with Crippen molar-refractivity contribution in [2.45, 2.75) is 0 Å². The van der Waals surface area contributed by atoms with E-state index in [0.717, 1.165) is 0 Å². The minimum absolute atomic E-state index is 0.252. The van der Waals surface area contributed by atoms with Gasteiger partial charge in [0.25, 0.3) is 0 Å². The predicted octanol–water partition coefficient (Wildman–Crippen LogP) is 1.04. The summed E-state index contributed by atoms with van der Waals surface area (Å²) in [4.78, 5) is 11.2. The summed E-state index contributed by atoms with van der Waals surface area (Å²) in [5.41, 5.74) is 0.508. The summed E-state index contributed by atoms with van der Waals surface area (Å²) in [6, 6.07) is 19.9. The zero-order valence-electron chi connectivity index (χ0n) is 15.2. The number of aliphatic hydroxyl groups is 4. The van der Waals surface area contributed by atoms with E-state index in [1.54, 1.807) is 30.3 Å². The molecule has 0 atom stereocenters. The average Bonchev–Trinajstić information content (AvgIpc) is 2.75. The Hall–Kier alpha value is -3.02. The smallest absolute Gasteiger partial charge is 0.347 e. The fourth-order valence-electron chi connectivity index (χ4n) is 2.18. The van der Waals surface area contributed by atoms with Crippen molar-refractivity contribution in [2.75, 3.05) is 26.4 Å². The maximum Gasteiger partial charge on any atom is 0.347 e. The molecule has 0 aliphatic carbocycles. The first kappa shape index (κ1) is 23.0. The van der Waals surface area contributed by atoms with Crippen LogP contribution in [0.1, 0.15) is 11.1 Å². The van der Waals surface area contributed by atoms with Gasteiger partial charge in [0.1, 0.15) is 11.6 Å². The Kier molecular flexibility index (Phi) is 9.57. The Labute approximate surface area is 163 Å². The molecule has 0 heterocycles. The number of carboxylic acid groups (broad SMARTS) is 1. The van der Waals surface area contributed by atoms with Gasteiger partial charge in [-0.25, -0.2) is 4.79 Å². The highest BCUT2D eigenvalue weighted by atomic mass is 16.4. The lowest BCUT2D eigenvalue weighted by molar-refractivity contribution is -0.132. The molecule has 2 aromatic carbocycles. The third kappa shape index (κ3) is 6.01. The minimum Gasteiger partial charge on any atom is -0.477 e. The summed E-state index contributed by atoms with van der Waals surface area (Å²) in [6.07, 6.45) is 0. The molecule has 7 nitrogen and oxygen atoms in total. The van der Waals surface area contributed by atoms with Crippen LogP contribution in [0.3, 0.4) is 0 Å². The van der Waals surface area contributed by atoms with Crippen LogP contribution in [0.4, 0.5) is 0 Å². The second-order valence-corrected chi connectivity index (χ2v) is 6.03. The topological polar surface area (TPSA) is 142 Å². The van der Waals surface area contributed by atoms with Crippen LogP contribution in [0.5, 0.6) is 0 Å². The molecule has 0 fully saturated rings. The van der Waals surface area contributed by atoms with Crippen molar-refractivity contribution in [2.24, 2.45) is 5.41 Å². The molecule has 0 aliphatic rings. The van der Waals surface area contributed by atoms with Crippen molar-refractivity contribution in [3.05, 3.63) is 77.4 Å². The molecule has 0 saturated heterocycles. The summed E-state index contributed by atoms with van der Waals surface area (Å²) in [7, 11) is 0. The first-order valence-corrected chi connectivity index (χ1v) is 8.40. The molecule has 28 heavy (non-hydrogen) atoms. The molecule has 7 heteroatoms. The van der Waals surface area contributed by atoms with E-state index in [1.165, 1.54) is 0 Å². The third-order valence-corrected chi connectivity index (χ3v) is 4.04. The van der Waals surface area contributed by atoms with Crippen LogP contribution < -0.4 is 0 Å². The molecular weight excluding hydrogens is 362 g/mol. The molecule has 5 N–H and O–H groups in total. The van der Waals surface area contributed by atoms with Gasteiger partial charge < -0.3 is 25.5 Å². The zero-order valence-corrected chi connectivity index (χ0v) is 15.2. The van der Waals surface area contributed by atoms with Gasteiger partial charge in [0.05, 0.1) is 31.8 Å². The van der Waals surface area contributed by atoms with Crippen LogP contribution in [0, 0.1) is 16.7 Å². The Morgan fingerprint density at radius 3 is 1.36 bits per heavy atom. The molecule has 0 saturated carbocycles. The van der Waals surface area contributed by atoms with E-state index in [1.807, 2.05) is 36.4 Å². The Bertz CT molecular complexity index is 749. The average molecular weight is 385 g/mol. The number of nitriles is 1. The Morgan fingerprint density at radius 1 is 0.786 bits per heavy atom. The van der Waals surface area contributed by atoms with Gasteiger partial charge in [0.2, 0.25) is 0 Å². The van der Waals surface area contributed by atoms with E-state index >= 15 is 0 Å². The van der Waals surface area contributed by atoms with Gasteiger partial charge in [0.15, 0.2) is 0 Å². The van der Waals surface area contributed by atoms with Crippen molar-refractivity contribution in [3.8, 4) is 6.07 Å². The molecule has 2 aromatic rings. The zero-order chi connectivity index (χ0) is 21.0. The summed E-state index contributed by atoms with van der Waals surface area (Å²) in [5.74, 6) is -1.22. The molecule has 148 valence electrons. The van der Waals surface area contributed by atoms with Crippen molar-refractivity contribution >= 4 is 11.5 Å². The molecule has 0 aromatic heterocycles. The lowest BCUT2D eigenvalue weighted by Gasteiger charge is -2.23. The van der Waals surface area contributed by atoms with Crippen LogP contribution in [0.15, 0.2) is 66.2 Å². The summed E-state index contributed by atoms with van der Waals surface area (Å²) >= 11 is 0. The van der Waals surface area contributed by atoms with Crippen LogP contribution in [0.25, 0.3) is 5.57 Å². The minimum atomic E-state index is -1.22. The van der Waals surface area contributed by atoms with Crippen molar-refractivity contribution in [3.63, 3.8) is 0 Å². The maximum absolute atomic E-state index is 11.2. The molecule has 0 radical (unpaired) electrons. The van der Waals surface area contributed by atoms with Gasteiger partial charge in [0, 0.05) is 5.57 Å². The van der Waals surface area contributed by atoms with E-state index < -0.39 is 37.8 Å². The fraction of sp³-hybridized carbons (Fsp3) is 0.238. The van der Waals surface area contributed by atoms with E-state index in [-0.39, 0.29) is 5.57 Å². The number of carbonyl (C=O) groups is 1. The third-order valence-electron chi connectivity index (χ3n) is 4.04. The standard InChI is InChI=1S/C16H11NO2.C5H12O4/c17-11-14(16(18)19)15(12-7-3-1-4-8-12)13-9-5-2-6-10-13;6-1-5(2-7,3-8)4-9/h1-10H,(H,18,19);6-9H,1-4H2. The van der Waals surface area contributed by atoms with E-state index in [2.05, 4.69) is 0 Å². The second kappa shape index (κ2) is 11.6. The van der Waals surface area contributed by atoms with Gasteiger partial charge in [-0.3, -0.25) is 0 Å². The second-order valence-electron chi connectivity index (χ2n) is 6.03. The summed E-state index contributed by atoms with van der Waals surface area (Å²) in [6.45, 7) is -1.62. The SMILES string of the molecule is N#CC(C(=O)O)=C(c1ccccc1)c1ccccc1.OCC(CO)(CO)CO. The maximum atomic E-state index is 11.2. The van der Waals surface area contributed by atoms with E-state index in [9.17, 15) is 9.90 Å². The molecular formula is C21H23NO6. The van der Waals surface area contributed by atoms with Gasteiger partial charge in [-0.2, -0.15) is 5.26 Å². The first-order valence-electron chi connectivity index (χ1n) is 8.40.